The normalized spacial score (nSPS) is 31.4. The van der Waals surface area contributed by atoms with E-state index in [9.17, 15) is 24.3 Å². The van der Waals surface area contributed by atoms with Crippen molar-refractivity contribution in [3.63, 3.8) is 0 Å². The van der Waals surface area contributed by atoms with Gasteiger partial charge in [-0.2, -0.15) is 0 Å². The molecule has 3 amide bonds. The predicted molar refractivity (Wildman–Crippen MR) is 185 cm³/mol. The molecule has 2 N–H and O–H groups in total. The van der Waals surface area contributed by atoms with Crippen molar-refractivity contribution in [1.82, 2.24) is 10.2 Å². The van der Waals surface area contributed by atoms with Crippen molar-refractivity contribution >= 4 is 35.1 Å². The lowest BCUT2D eigenvalue weighted by atomic mass is 9.74. The number of amides is 3. The second kappa shape index (κ2) is 14.2. The molecule has 4 heterocycles. The lowest BCUT2D eigenvalue weighted by Crippen LogP contribution is -2.58. The summed E-state index contributed by atoms with van der Waals surface area (Å²) in [5.41, 5.74) is 0.894. The van der Waals surface area contributed by atoms with E-state index in [1.807, 2.05) is 66.7 Å². The van der Waals surface area contributed by atoms with E-state index < -0.39 is 65.6 Å². The highest BCUT2D eigenvalue weighted by atomic mass is 16.6. The van der Waals surface area contributed by atoms with Gasteiger partial charge in [0.2, 0.25) is 11.8 Å². The van der Waals surface area contributed by atoms with Crippen LogP contribution in [0.3, 0.4) is 0 Å². The summed E-state index contributed by atoms with van der Waals surface area (Å²) in [5, 5.41) is 13.3. The van der Waals surface area contributed by atoms with Gasteiger partial charge in [0.15, 0.2) is 0 Å². The van der Waals surface area contributed by atoms with Gasteiger partial charge in [-0.1, -0.05) is 54.6 Å². The van der Waals surface area contributed by atoms with Crippen LogP contribution in [-0.4, -0.2) is 89.8 Å². The molecule has 11 nitrogen and oxygen atoms in total. The molecular formula is C38H46N4O7. The van der Waals surface area contributed by atoms with Crippen LogP contribution in [0, 0.1) is 11.8 Å². The molecule has 2 aromatic carbocycles. The van der Waals surface area contributed by atoms with Gasteiger partial charge in [0.1, 0.15) is 23.7 Å². The maximum atomic E-state index is 15.0. The molecule has 0 unspecified atom stereocenters. The van der Waals surface area contributed by atoms with E-state index in [4.69, 9.17) is 9.47 Å². The molecule has 5 bridgehead atoms. The highest BCUT2D eigenvalue weighted by molar-refractivity contribution is 6.05. The average molecular weight is 671 g/mol. The Hall–Kier alpha value is -4.48. The molecular weight excluding hydrogens is 624 g/mol. The highest BCUT2D eigenvalue weighted by Crippen LogP contribution is 2.56. The van der Waals surface area contributed by atoms with Gasteiger partial charge in [-0.3, -0.25) is 19.2 Å². The number of aliphatic hydroxyl groups is 1. The number of hydrogen-bond donors (Lipinski definition) is 2. The molecule has 4 aliphatic rings. The van der Waals surface area contributed by atoms with Crippen LogP contribution in [0.15, 0.2) is 78.9 Å². The molecule has 8 atom stereocenters. The van der Waals surface area contributed by atoms with Gasteiger partial charge < -0.3 is 34.6 Å². The van der Waals surface area contributed by atoms with Gasteiger partial charge in [-0.25, -0.2) is 0 Å². The molecule has 1 spiro atoms. The smallest absolute Gasteiger partial charge is 0.313 e. The summed E-state index contributed by atoms with van der Waals surface area (Å²) in [6.45, 7) is 9.08. The Balaban J connectivity index is 1.43. The Bertz CT molecular complexity index is 1610. The number of allylic oxidation sites excluding steroid dienone is 1. The summed E-state index contributed by atoms with van der Waals surface area (Å²) in [6.07, 6.45) is 6.21. The second-order valence-electron chi connectivity index (χ2n) is 13.3. The molecule has 4 aliphatic heterocycles. The van der Waals surface area contributed by atoms with Gasteiger partial charge in [-0.15, -0.1) is 0 Å². The maximum Gasteiger partial charge on any atom is 0.313 e. The zero-order valence-electron chi connectivity index (χ0n) is 28.5. The van der Waals surface area contributed by atoms with Crippen molar-refractivity contribution < 1.29 is 33.8 Å². The SMILES string of the molecule is CCN(CC)c1ccc(N2C/C=C\CCC(=O)N[C@@H](C)[C@H](c3ccccc3)OC(=O)[C@@H]3[C@H]4C(=O)N([C@H](C)CO)[C@H](C2=O)[C@]42C=C[C@H]3O2)cc1. The van der Waals surface area contributed by atoms with Gasteiger partial charge in [-0.05, 0) is 63.9 Å². The molecule has 0 saturated carbocycles. The quantitative estimate of drug-likeness (QED) is 0.338. The van der Waals surface area contributed by atoms with Crippen molar-refractivity contribution in [2.45, 2.75) is 76.5 Å². The predicted octanol–water partition coefficient (Wildman–Crippen LogP) is 3.54. The van der Waals surface area contributed by atoms with E-state index in [0.29, 0.717) is 17.7 Å². The van der Waals surface area contributed by atoms with Gasteiger partial charge in [0.05, 0.1) is 30.7 Å². The number of likely N-dealkylation sites (tertiary alicyclic amines) is 1. The largest absolute Gasteiger partial charge is 0.455 e. The summed E-state index contributed by atoms with van der Waals surface area (Å²) in [4.78, 5) is 61.9. The number of fused-ring (bicyclic) bond motifs is 2. The van der Waals surface area contributed by atoms with Crippen LogP contribution in [-0.2, 0) is 28.7 Å². The molecule has 2 fully saturated rings. The van der Waals surface area contributed by atoms with Crippen LogP contribution >= 0.6 is 0 Å². The lowest BCUT2D eigenvalue weighted by Gasteiger charge is -2.38. The first-order valence-corrected chi connectivity index (χ1v) is 17.3. The molecule has 260 valence electrons. The van der Waals surface area contributed by atoms with Gasteiger partial charge >= 0.3 is 5.97 Å². The van der Waals surface area contributed by atoms with Crippen molar-refractivity contribution in [3.8, 4) is 0 Å². The fourth-order valence-electron chi connectivity index (χ4n) is 7.84. The van der Waals surface area contributed by atoms with E-state index >= 15 is 0 Å². The van der Waals surface area contributed by atoms with Crippen LogP contribution in [0.4, 0.5) is 11.4 Å². The van der Waals surface area contributed by atoms with E-state index in [1.54, 1.807) is 30.9 Å². The number of aliphatic hydroxyl groups excluding tert-OH is 1. The van der Waals surface area contributed by atoms with Crippen LogP contribution in [0.5, 0.6) is 0 Å². The van der Waals surface area contributed by atoms with E-state index in [1.165, 1.54) is 4.90 Å². The van der Waals surface area contributed by atoms with E-state index in [0.717, 1.165) is 18.8 Å². The summed E-state index contributed by atoms with van der Waals surface area (Å²) in [7, 11) is 0. The summed E-state index contributed by atoms with van der Waals surface area (Å²) >= 11 is 0. The van der Waals surface area contributed by atoms with E-state index in [-0.39, 0.29) is 25.5 Å². The Morgan fingerprint density at radius 3 is 2.39 bits per heavy atom. The van der Waals surface area contributed by atoms with Crippen LogP contribution < -0.4 is 15.1 Å². The lowest BCUT2D eigenvalue weighted by molar-refractivity contribution is -0.161. The van der Waals surface area contributed by atoms with Crippen molar-refractivity contribution in [2.75, 3.05) is 36.0 Å². The third-order valence-electron chi connectivity index (χ3n) is 10.3. The monoisotopic (exact) mass is 670 g/mol. The summed E-state index contributed by atoms with van der Waals surface area (Å²) in [5.74, 6) is -3.77. The topological polar surface area (TPSA) is 129 Å². The number of carbonyl (C=O) groups is 4. The molecule has 0 aromatic heterocycles. The maximum absolute atomic E-state index is 15.0. The van der Waals surface area contributed by atoms with Crippen LogP contribution in [0.1, 0.15) is 52.2 Å². The zero-order valence-corrected chi connectivity index (χ0v) is 28.5. The third kappa shape index (κ3) is 6.14. The number of cyclic esters (lactones) is 1. The molecule has 0 radical (unpaired) electrons. The average Bonchev–Trinajstić information content (AvgIpc) is 3.76. The number of nitrogens with zero attached hydrogens (tertiary/aromatic N) is 3. The molecule has 2 saturated heterocycles. The van der Waals surface area contributed by atoms with Crippen LogP contribution in [0.2, 0.25) is 0 Å². The number of rotatable bonds is 7. The fourth-order valence-corrected chi connectivity index (χ4v) is 7.84. The Labute approximate surface area is 287 Å². The second-order valence-corrected chi connectivity index (χ2v) is 13.3. The molecule has 11 heteroatoms. The first-order chi connectivity index (χ1) is 23.6. The zero-order chi connectivity index (χ0) is 34.9. The Morgan fingerprint density at radius 1 is 1.00 bits per heavy atom. The standard InChI is InChI=1S/C38H46N4O7/c1-5-40(6-2)27-16-18-28(19-17-27)41-22-12-8-11-15-30(44)39-25(4)33(26-13-9-7-10-14-26)48-37(47)31-29-20-21-38(49-29)32(31)35(45)42(24(3)23-43)34(38)36(41)46/h7-10,12-14,16-21,24-25,29,31-34,43H,5-6,11,15,22-23H2,1-4H3,(H,39,44)/b12-8-/t24-,25+,29-,31+,32+,33-,34-,38+/m1/s1. The van der Waals surface area contributed by atoms with Crippen LogP contribution in [0.25, 0.3) is 0 Å². The molecule has 6 rings (SSSR count). The minimum atomic E-state index is -1.44. The van der Waals surface area contributed by atoms with Crippen molar-refractivity contribution in [2.24, 2.45) is 11.8 Å². The number of anilines is 2. The number of esters is 1. The van der Waals surface area contributed by atoms with Crippen molar-refractivity contribution in [3.05, 3.63) is 84.5 Å². The summed E-state index contributed by atoms with van der Waals surface area (Å²) < 4.78 is 12.7. The van der Waals surface area contributed by atoms with E-state index in [2.05, 4.69) is 24.1 Å². The molecule has 49 heavy (non-hydrogen) atoms. The molecule has 2 aromatic rings. The number of hydrogen-bond acceptors (Lipinski definition) is 8. The first-order valence-electron chi connectivity index (χ1n) is 17.3. The molecule has 0 aliphatic carbocycles. The minimum Gasteiger partial charge on any atom is -0.455 e. The van der Waals surface area contributed by atoms with Gasteiger partial charge in [0.25, 0.3) is 5.91 Å². The minimum absolute atomic E-state index is 0.170. The van der Waals surface area contributed by atoms with Gasteiger partial charge in [0, 0.05) is 37.4 Å². The Morgan fingerprint density at radius 2 is 1.71 bits per heavy atom. The number of ether oxygens (including phenoxy) is 2. The number of nitrogens with one attached hydrogen (secondary N) is 1. The number of carbonyl (C=O) groups excluding carboxylic acids is 4. The highest BCUT2D eigenvalue weighted by Gasteiger charge is 2.74. The van der Waals surface area contributed by atoms with Crippen molar-refractivity contribution in [1.29, 1.82) is 0 Å². The first kappa shape index (κ1) is 34.4. The summed E-state index contributed by atoms with van der Waals surface area (Å²) in [6, 6.07) is 14.4. The fraction of sp³-hybridized carbons (Fsp3) is 0.474. The Kier molecular flexibility index (Phi) is 9.94. The third-order valence-corrected chi connectivity index (χ3v) is 10.3. The number of benzene rings is 2.